The van der Waals surface area contributed by atoms with E-state index in [9.17, 15) is 18.0 Å². The fraction of sp³-hybridized carbons (Fsp3) is 0.478. The van der Waals surface area contributed by atoms with Crippen LogP contribution in [0.3, 0.4) is 0 Å². The molecule has 1 fully saturated rings. The molecule has 2 aliphatic carbocycles. The van der Waals surface area contributed by atoms with Crippen molar-refractivity contribution in [2.45, 2.75) is 51.4 Å². The number of allylic oxidation sites excluding steroid dienone is 3. The van der Waals surface area contributed by atoms with Gasteiger partial charge in [-0.25, -0.2) is 13.1 Å². The van der Waals surface area contributed by atoms with Crippen LogP contribution in [0.4, 0.5) is 0 Å². The molecule has 30 heavy (non-hydrogen) atoms. The van der Waals surface area contributed by atoms with Crippen LogP contribution in [0.15, 0.2) is 46.5 Å². The molecular formula is C23H28N2O4S. The van der Waals surface area contributed by atoms with Gasteiger partial charge in [-0.3, -0.25) is 9.59 Å². The van der Waals surface area contributed by atoms with Crippen molar-refractivity contribution in [1.82, 2.24) is 9.62 Å². The van der Waals surface area contributed by atoms with Gasteiger partial charge in [0, 0.05) is 30.8 Å². The molecule has 0 aromatic heterocycles. The van der Waals surface area contributed by atoms with Crippen molar-refractivity contribution in [3.63, 3.8) is 0 Å². The molecule has 1 aliphatic heterocycles. The molecule has 0 bridgehead atoms. The summed E-state index contributed by atoms with van der Waals surface area (Å²) < 4.78 is 29.1. The summed E-state index contributed by atoms with van der Waals surface area (Å²) >= 11 is 0. The molecule has 1 heterocycles. The number of Topliss-reactive ketones (excluding diaryl/α,β-unsaturated/α-hetero) is 2. The first-order chi connectivity index (χ1) is 14.5. The Balaban J connectivity index is 1.67. The van der Waals surface area contributed by atoms with Crippen molar-refractivity contribution in [2.24, 2.45) is 0 Å². The topological polar surface area (TPSA) is 83.6 Å². The Hall–Kier alpha value is -2.25. The van der Waals surface area contributed by atoms with Gasteiger partial charge in [0.25, 0.3) is 0 Å². The number of piperidine rings is 1. The van der Waals surface area contributed by atoms with Gasteiger partial charge in [0.15, 0.2) is 4.91 Å². The predicted octanol–water partition coefficient (Wildman–Crippen LogP) is 3.57. The third-order valence-corrected chi connectivity index (χ3v) is 7.62. The molecule has 7 heteroatoms. The first-order valence-corrected chi connectivity index (χ1v) is 12.3. The number of carbonyl (C=O) groups excluding carboxylic acids is 2. The largest absolute Gasteiger partial charge is 0.367 e. The lowest BCUT2D eigenvalue weighted by atomic mass is 9.91. The van der Waals surface area contributed by atoms with Gasteiger partial charge in [0.05, 0.1) is 0 Å². The zero-order valence-corrected chi connectivity index (χ0v) is 18.0. The molecule has 0 saturated carbocycles. The lowest BCUT2D eigenvalue weighted by molar-refractivity contribution is 0.0939. The number of carbonyl (C=O) groups is 2. The van der Waals surface area contributed by atoms with E-state index >= 15 is 0 Å². The molecule has 0 atom stereocenters. The summed E-state index contributed by atoms with van der Waals surface area (Å²) in [5.74, 6) is -0.961. The lowest BCUT2D eigenvalue weighted by Crippen LogP contribution is -2.41. The standard InChI is InChI=1S/C23H28N2O4S/c26-21-18-11-5-6-12-19(18)22(27)23(20(21)25-15-7-2-8-16-25)30(28,29)24-14-13-17-9-3-1-4-10-17/h5-6,9,11-12,24H,1-4,7-8,10,13-16H2. The van der Waals surface area contributed by atoms with Crippen LogP contribution < -0.4 is 4.72 Å². The third kappa shape index (κ3) is 4.14. The molecule has 1 N–H and O–H groups in total. The Morgan fingerprint density at radius 3 is 2.27 bits per heavy atom. The van der Waals surface area contributed by atoms with E-state index in [2.05, 4.69) is 10.8 Å². The second kappa shape index (κ2) is 8.86. The number of fused-ring (bicyclic) bond motifs is 1. The van der Waals surface area contributed by atoms with Crippen molar-refractivity contribution in [3.8, 4) is 0 Å². The number of likely N-dealkylation sites (tertiary alicyclic amines) is 1. The van der Waals surface area contributed by atoms with E-state index in [0.717, 1.165) is 38.5 Å². The molecule has 160 valence electrons. The number of rotatable bonds is 6. The van der Waals surface area contributed by atoms with Gasteiger partial charge in [0.1, 0.15) is 5.70 Å². The average Bonchev–Trinajstić information content (AvgIpc) is 2.77. The molecule has 1 aromatic carbocycles. The SMILES string of the molecule is O=C1C(N2CCCCC2)=C(S(=O)(=O)NCCC2=CCCCC2)C(=O)c2ccccc21. The molecule has 4 rings (SSSR count). The van der Waals surface area contributed by atoms with E-state index in [0.29, 0.717) is 19.5 Å². The van der Waals surface area contributed by atoms with Crippen LogP contribution >= 0.6 is 0 Å². The fourth-order valence-corrected chi connectivity index (χ4v) is 5.89. The van der Waals surface area contributed by atoms with Crippen LogP contribution in [0, 0.1) is 0 Å². The normalized spacial score (nSPS) is 20.3. The number of sulfonamides is 1. The lowest BCUT2D eigenvalue weighted by Gasteiger charge is -2.33. The first kappa shape index (κ1) is 21.0. The molecule has 6 nitrogen and oxygen atoms in total. The molecule has 1 saturated heterocycles. The maximum absolute atomic E-state index is 13.3. The summed E-state index contributed by atoms with van der Waals surface area (Å²) in [6.45, 7) is 1.40. The number of hydrogen-bond acceptors (Lipinski definition) is 5. The molecule has 0 radical (unpaired) electrons. The monoisotopic (exact) mass is 428 g/mol. The molecule has 0 unspecified atom stereocenters. The van der Waals surface area contributed by atoms with E-state index in [1.807, 2.05) is 0 Å². The Morgan fingerprint density at radius 2 is 1.60 bits per heavy atom. The molecule has 1 aromatic rings. The van der Waals surface area contributed by atoms with Crippen LogP contribution in [0.5, 0.6) is 0 Å². The molecule has 0 spiro atoms. The van der Waals surface area contributed by atoms with Gasteiger partial charge in [0.2, 0.25) is 21.6 Å². The number of nitrogens with one attached hydrogen (secondary N) is 1. The highest BCUT2D eigenvalue weighted by molar-refractivity contribution is 7.94. The van der Waals surface area contributed by atoms with Gasteiger partial charge >= 0.3 is 0 Å². The highest BCUT2D eigenvalue weighted by atomic mass is 32.2. The van der Waals surface area contributed by atoms with E-state index < -0.39 is 15.8 Å². The third-order valence-electron chi connectivity index (χ3n) is 6.12. The van der Waals surface area contributed by atoms with E-state index in [4.69, 9.17) is 0 Å². The maximum atomic E-state index is 13.3. The van der Waals surface area contributed by atoms with Gasteiger partial charge < -0.3 is 4.90 Å². The van der Waals surface area contributed by atoms with Gasteiger partial charge in [-0.05, 0) is 51.4 Å². The molecule has 0 amide bonds. The summed E-state index contributed by atoms with van der Waals surface area (Å²) in [4.78, 5) is 28.0. The van der Waals surface area contributed by atoms with E-state index in [-0.39, 0.29) is 34.1 Å². The van der Waals surface area contributed by atoms with Crippen molar-refractivity contribution in [2.75, 3.05) is 19.6 Å². The fourth-order valence-electron chi connectivity index (χ4n) is 4.54. The number of hydrogen-bond donors (Lipinski definition) is 1. The van der Waals surface area contributed by atoms with E-state index in [1.54, 1.807) is 23.1 Å². The first-order valence-electron chi connectivity index (χ1n) is 10.8. The Kier molecular flexibility index (Phi) is 6.20. The summed E-state index contributed by atoms with van der Waals surface area (Å²) in [7, 11) is -4.12. The minimum absolute atomic E-state index is 0.0442. The Labute approximate surface area is 178 Å². The minimum Gasteiger partial charge on any atom is -0.367 e. The van der Waals surface area contributed by atoms with Gasteiger partial charge in [-0.1, -0.05) is 35.9 Å². The predicted molar refractivity (Wildman–Crippen MR) is 116 cm³/mol. The average molecular weight is 429 g/mol. The van der Waals surface area contributed by atoms with Crippen LogP contribution in [0.1, 0.15) is 72.1 Å². The zero-order valence-electron chi connectivity index (χ0n) is 17.2. The quantitative estimate of drug-likeness (QED) is 0.701. The summed E-state index contributed by atoms with van der Waals surface area (Å²) in [5, 5.41) is 0. The zero-order chi connectivity index (χ0) is 21.1. The second-order valence-corrected chi connectivity index (χ2v) is 9.89. The van der Waals surface area contributed by atoms with Crippen LogP contribution in [-0.4, -0.2) is 44.5 Å². The Bertz CT molecular complexity index is 1020. The van der Waals surface area contributed by atoms with Crippen molar-refractivity contribution < 1.29 is 18.0 Å². The van der Waals surface area contributed by atoms with E-state index in [1.165, 1.54) is 18.1 Å². The van der Waals surface area contributed by atoms with Crippen LogP contribution in [-0.2, 0) is 10.0 Å². The van der Waals surface area contributed by atoms with Crippen molar-refractivity contribution >= 4 is 21.6 Å². The summed E-state index contributed by atoms with van der Waals surface area (Å²) in [6, 6.07) is 6.49. The smallest absolute Gasteiger partial charge is 0.246 e. The maximum Gasteiger partial charge on any atom is 0.246 e. The minimum atomic E-state index is -4.12. The Morgan fingerprint density at radius 1 is 0.900 bits per heavy atom. The number of benzene rings is 1. The van der Waals surface area contributed by atoms with Crippen molar-refractivity contribution in [1.29, 1.82) is 0 Å². The number of ketones is 2. The molecule has 3 aliphatic rings. The highest BCUT2D eigenvalue weighted by Gasteiger charge is 2.41. The van der Waals surface area contributed by atoms with Crippen LogP contribution in [0.25, 0.3) is 0 Å². The van der Waals surface area contributed by atoms with Gasteiger partial charge in [-0.15, -0.1) is 0 Å². The molecular weight excluding hydrogens is 400 g/mol. The summed E-state index contributed by atoms with van der Waals surface area (Å²) in [5.41, 5.74) is 1.75. The second-order valence-electron chi connectivity index (χ2n) is 8.19. The van der Waals surface area contributed by atoms with Crippen LogP contribution in [0.2, 0.25) is 0 Å². The summed E-state index contributed by atoms with van der Waals surface area (Å²) in [6.07, 6.45) is 9.95. The van der Waals surface area contributed by atoms with Crippen molar-refractivity contribution in [3.05, 3.63) is 57.6 Å². The van der Waals surface area contributed by atoms with Gasteiger partial charge in [-0.2, -0.15) is 0 Å². The highest BCUT2D eigenvalue weighted by Crippen LogP contribution is 2.32. The number of nitrogens with zero attached hydrogens (tertiary/aromatic N) is 1.